The summed E-state index contributed by atoms with van der Waals surface area (Å²) in [6.45, 7) is 1.79. The number of rotatable bonds is 7. The molecule has 4 aromatic rings. The molecule has 0 saturated carbocycles. The molecule has 2 aromatic carbocycles. The molecule has 0 radical (unpaired) electrons. The number of benzene rings is 2. The predicted molar refractivity (Wildman–Crippen MR) is 154 cm³/mol. The number of furan rings is 1. The van der Waals surface area contributed by atoms with E-state index in [0.29, 0.717) is 50.1 Å². The van der Waals surface area contributed by atoms with Crippen LogP contribution in [0.2, 0.25) is 10.0 Å². The van der Waals surface area contributed by atoms with Crippen molar-refractivity contribution < 1.29 is 13.9 Å². The van der Waals surface area contributed by atoms with Crippen LogP contribution >= 0.6 is 35.4 Å². The molecule has 1 saturated heterocycles. The Balaban J connectivity index is 1.59. The molecule has 1 aliphatic rings. The van der Waals surface area contributed by atoms with Crippen LogP contribution in [0.15, 0.2) is 77.3 Å². The van der Waals surface area contributed by atoms with Crippen LogP contribution in [0, 0.1) is 0 Å². The molecule has 0 aliphatic carbocycles. The van der Waals surface area contributed by atoms with Crippen molar-refractivity contribution in [3.63, 3.8) is 0 Å². The normalized spacial score (nSPS) is 16.8. The molecular weight excluding hydrogens is 543 g/mol. The summed E-state index contributed by atoms with van der Waals surface area (Å²) in [4.78, 5) is 18.5. The maximum absolute atomic E-state index is 12.0. The molecule has 1 aliphatic heterocycles. The van der Waals surface area contributed by atoms with Crippen LogP contribution in [0.25, 0.3) is 11.3 Å². The quantitative estimate of drug-likeness (QED) is 0.229. The lowest BCUT2D eigenvalue weighted by molar-refractivity contribution is -0.115. The first-order chi connectivity index (χ1) is 18.4. The van der Waals surface area contributed by atoms with Gasteiger partial charge in [-0.05, 0) is 60.7 Å². The topological polar surface area (TPSA) is 79.6 Å². The molecule has 2 atom stereocenters. The van der Waals surface area contributed by atoms with E-state index in [4.69, 9.17) is 44.6 Å². The summed E-state index contributed by atoms with van der Waals surface area (Å²) in [5.41, 5.74) is 2.84. The molecule has 10 heteroatoms. The van der Waals surface area contributed by atoms with Gasteiger partial charge < -0.3 is 24.7 Å². The summed E-state index contributed by atoms with van der Waals surface area (Å²) in [7, 11) is 1.56. The maximum Gasteiger partial charge on any atom is 0.224 e. The highest BCUT2D eigenvalue weighted by Gasteiger charge is 2.43. The highest BCUT2D eigenvalue weighted by atomic mass is 35.5. The highest BCUT2D eigenvalue weighted by molar-refractivity contribution is 7.80. The van der Waals surface area contributed by atoms with Crippen LogP contribution in [0.4, 0.5) is 11.4 Å². The van der Waals surface area contributed by atoms with Gasteiger partial charge in [-0.2, -0.15) is 0 Å². The Labute approximate surface area is 235 Å². The van der Waals surface area contributed by atoms with Gasteiger partial charge in [0.05, 0.1) is 34.6 Å². The highest BCUT2D eigenvalue weighted by Crippen LogP contribution is 2.45. The van der Waals surface area contributed by atoms with Gasteiger partial charge in [0.25, 0.3) is 0 Å². The number of hydrogen-bond donors (Lipinski definition) is 2. The number of methoxy groups -OCH3 is 1. The minimum atomic E-state index is -0.384. The molecule has 1 amide bonds. The van der Waals surface area contributed by atoms with Crippen LogP contribution in [-0.2, 0) is 4.79 Å². The van der Waals surface area contributed by atoms with E-state index in [-0.39, 0.29) is 18.0 Å². The number of carbonyl (C=O) groups is 1. The SMILES string of the molecule is CCC(=O)Nc1ccc(N2C(=S)NC(c3ccccn3)C2c2ccc(-c3cccc(Cl)c3Cl)o2)cc1OC. The van der Waals surface area contributed by atoms with Crippen molar-refractivity contribution in [3.8, 4) is 17.1 Å². The number of amides is 1. The number of halogens is 2. The molecule has 0 spiro atoms. The Morgan fingerprint density at radius 1 is 1.16 bits per heavy atom. The number of nitrogens with zero attached hydrogens (tertiary/aromatic N) is 2. The lowest BCUT2D eigenvalue weighted by Crippen LogP contribution is -2.29. The zero-order valence-corrected chi connectivity index (χ0v) is 22.9. The number of ether oxygens (including phenoxy) is 1. The van der Waals surface area contributed by atoms with E-state index >= 15 is 0 Å². The minimum Gasteiger partial charge on any atom is -0.494 e. The van der Waals surface area contributed by atoms with Crippen molar-refractivity contribution in [2.45, 2.75) is 25.4 Å². The molecule has 0 bridgehead atoms. The van der Waals surface area contributed by atoms with E-state index in [2.05, 4.69) is 15.6 Å². The third-order valence-electron chi connectivity index (χ3n) is 6.29. The Morgan fingerprint density at radius 3 is 2.74 bits per heavy atom. The predicted octanol–water partition coefficient (Wildman–Crippen LogP) is 7.18. The first-order valence-corrected chi connectivity index (χ1v) is 13.1. The molecule has 194 valence electrons. The fourth-order valence-corrected chi connectivity index (χ4v) is 5.18. The number of carbonyl (C=O) groups excluding carboxylic acids is 1. The molecule has 5 rings (SSSR count). The largest absolute Gasteiger partial charge is 0.494 e. The molecule has 2 aromatic heterocycles. The summed E-state index contributed by atoms with van der Waals surface area (Å²) in [6, 6.07) is 19.8. The zero-order chi connectivity index (χ0) is 26.8. The second-order valence-electron chi connectivity index (χ2n) is 8.59. The van der Waals surface area contributed by atoms with Gasteiger partial charge in [0.15, 0.2) is 5.11 Å². The van der Waals surface area contributed by atoms with Crippen molar-refractivity contribution in [1.82, 2.24) is 10.3 Å². The standard InChI is InChI=1S/C28H24Cl2N4O3S/c1-3-24(35)32-19-11-10-16(15-23(19)36-2)34-27(26(33-28(34)38)20-9-4-5-14-31-20)22-13-12-21(37-22)17-7-6-8-18(29)25(17)30/h4-15,26-27H,3H2,1-2H3,(H,32,35)(H,33,38). The first-order valence-electron chi connectivity index (χ1n) is 11.9. The number of aromatic nitrogens is 1. The second kappa shape index (κ2) is 11.0. The van der Waals surface area contributed by atoms with Gasteiger partial charge in [-0.3, -0.25) is 9.78 Å². The number of hydrogen-bond acceptors (Lipinski definition) is 5. The van der Waals surface area contributed by atoms with E-state index in [0.717, 1.165) is 11.4 Å². The van der Waals surface area contributed by atoms with E-state index in [1.54, 1.807) is 32.4 Å². The van der Waals surface area contributed by atoms with Crippen LogP contribution < -0.4 is 20.3 Å². The smallest absolute Gasteiger partial charge is 0.224 e. The van der Waals surface area contributed by atoms with Crippen molar-refractivity contribution >= 4 is 57.8 Å². The van der Waals surface area contributed by atoms with Crippen LogP contribution in [0.3, 0.4) is 0 Å². The summed E-state index contributed by atoms with van der Waals surface area (Å²) >= 11 is 18.5. The third kappa shape index (κ3) is 4.95. The lowest BCUT2D eigenvalue weighted by atomic mass is 10.0. The maximum atomic E-state index is 12.0. The average Bonchev–Trinajstić information content (AvgIpc) is 3.55. The Hall–Kier alpha value is -3.59. The minimum absolute atomic E-state index is 0.106. The van der Waals surface area contributed by atoms with Gasteiger partial charge in [0.1, 0.15) is 23.3 Å². The van der Waals surface area contributed by atoms with E-state index in [1.807, 2.05) is 59.5 Å². The van der Waals surface area contributed by atoms with Crippen molar-refractivity contribution in [3.05, 3.63) is 94.4 Å². The zero-order valence-electron chi connectivity index (χ0n) is 20.6. The summed E-state index contributed by atoms with van der Waals surface area (Å²) < 4.78 is 12.0. The second-order valence-corrected chi connectivity index (χ2v) is 9.76. The molecule has 2 N–H and O–H groups in total. The first kappa shape index (κ1) is 26.0. The average molecular weight is 567 g/mol. The van der Waals surface area contributed by atoms with Crippen LogP contribution in [0.5, 0.6) is 5.75 Å². The van der Waals surface area contributed by atoms with Crippen molar-refractivity contribution in [1.29, 1.82) is 0 Å². The lowest BCUT2D eigenvalue weighted by Gasteiger charge is -2.27. The van der Waals surface area contributed by atoms with E-state index in [9.17, 15) is 4.79 Å². The van der Waals surface area contributed by atoms with Crippen molar-refractivity contribution in [2.75, 3.05) is 17.3 Å². The number of pyridine rings is 1. The fraction of sp³-hybridized carbons (Fsp3) is 0.179. The van der Waals surface area contributed by atoms with Gasteiger partial charge in [-0.15, -0.1) is 0 Å². The molecule has 7 nitrogen and oxygen atoms in total. The Kier molecular flexibility index (Phi) is 7.56. The van der Waals surface area contributed by atoms with Gasteiger partial charge in [-0.25, -0.2) is 0 Å². The van der Waals surface area contributed by atoms with E-state index < -0.39 is 0 Å². The molecule has 3 heterocycles. The third-order valence-corrected chi connectivity index (χ3v) is 7.43. The van der Waals surface area contributed by atoms with E-state index in [1.165, 1.54) is 0 Å². The van der Waals surface area contributed by atoms with Crippen molar-refractivity contribution in [2.24, 2.45) is 0 Å². The van der Waals surface area contributed by atoms with Crippen LogP contribution in [0.1, 0.15) is 36.9 Å². The van der Waals surface area contributed by atoms with Gasteiger partial charge in [0, 0.05) is 29.9 Å². The summed E-state index contributed by atoms with van der Waals surface area (Å²) in [5, 5.41) is 7.64. The Bertz CT molecular complexity index is 1490. The summed E-state index contributed by atoms with van der Waals surface area (Å²) in [6.07, 6.45) is 2.10. The molecular formula is C28H24Cl2N4O3S. The molecule has 2 unspecified atom stereocenters. The van der Waals surface area contributed by atoms with Crippen LogP contribution in [-0.4, -0.2) is 23.1 Å². The molecule has 38 heavy (non-hydrogen) atoms. The van der Waals surface area contributed by atoms with Gasteiger partial charge in [0.2, 0.25) is 5.91 Å². The monoisotopic (exact) mass is 566 g/mol. The summed E-state index contributed by atoms with van der Waals surface area (Å²) in [5.74, 6) is 1.64. The van der Waals surface area contributed by atoms with Gasteiger partial charge >= 0.3 is 0 Å². The van der Waals surface area contributed by atoms with Gasteiger partial charge in [-0.1, -0.05) is 42.3 Å². The number of anilines is 2. The fourth-order valence-electron chi connectivity index (χ4n) is 4.44. The molecule has 1 fully saturated rings. The number of thiocarbonyl (C=S) groups is 1. The Morgan fingerprint density at radius 2 is 2.00 bits per heavy atom. The number of nitrogens with one attached hydrogen (secondary N) is 2.